The first-order valence-corrected chi connectivity index (χ1v) is 8.45. The van der Waals surface area contributed by atoms with Crippen molar-refractivity contribution in [3.05, 3.63) is 69.3 Å². The fourth-order valence-corrected chi connectivity index (χ4v) is 2.47. The van der Waals surface area contributed by atoms with Gasteiger partial charge in [-0.2, -0.15) is 0 Å². The molecule has 0 aliphatic carbocycles. The second-order valence-electron chi connectivity index (χ2n) is 6.22. The maximum atomic E-state index is 10.6. The molecule has 4 nitrogen and oxygen atoms in total. The van der Waals surface area contributed by atoms with E-state index in [-0.39, 0.29) is 10.6 Å². The Kier molecular flexibility index (Phi) is 7.96. The van der Waals surface area contributed by atoms with E-state index in [1.165, 1.54) is 11.1 Å². The molecule has 0 unspecified atom stereocenters. The molecule has 0 radical (unpaired) electrons. The molecule has 2 rings (SSSR count). The number of hydrogen-bond acceptors (Lipinski definition) is 3. The normalized spacial score (nSPS) is 10.2. The number of nitro groups is 1. The van der Waals surface area contributed by atoms with E-state index in [0.29, 0.717) is 5.92 Å². The van der Waals surface area contributed by atoms with E-state index in [0.717, 1.165) is 30.5 Å². The summed E-state index contributed by atoms with van der Waals surface area (Å²) in [5.41, 5.74) is 10.4. The number of rotatable bonds is 5. The standard InChI is InChI=1S/C10H13NO2.C10H15N/c1-2-3-6-9-7-4-5-8-10(9)11(12)13;1-7(2)9-6-4-5-8(3)10(9)11/h4-5,7-8H,2-3,6H2,1H3;4-7H,11H2,1-3H3. The molecule has 0 spiro atoms. The molecule has 0 aliphatic heterocycles. The molecular formula is C20H28N2O2. The summed E-state index contributed by atoms with van der Waals surface area (Å²) in [5, 5.41) is 10.6. The number of nitrogens with two attached hydrogens (primary N) is 1. The molecule has 130 valence electrons. The number of nitrogens with zero attached hydrogens (tertiary/aromatic N) is 1. The highest BCUT2D eigenvalue weighted by molar-refractivity contribution is 5.54. The summed E-state index contributed by atoms with van der Waals surface area (Å²) in [6.45, 7) is 8.44. The lowest BCUT2D eigenvalue weighted by molar-refractivity contribution is -0.385. The Bertz CT molecular complexity index is 666. The Balaban J connectivity index is 0.000000243. The van der Waals surface area contributed by atoms with Gasteiger partial charge in [0, 0.05) is 17.3 Å². The van der Waals surface area contributed by atoms with E-state index in [1.54, 1.807) is 12.1 Å². The summed E-state index contributed by atoms with van der Waals surface area (Å²) in [6.07, 6.45) is 2.87. The molecule has 24 heavy (non-hydrogen) atoms. The van der Waals surface area contributed by atoms with E-state index in [9.17, 15) is 10.1 Å². The van der Waals surface area contributed by atoms with Gasteiger partial charge >= 0.3 is 0 Å². The van der Waals surface area contributed by atoms with Crippen molar-refractivity contribution in [1.82, 2.24) is 0 Å². The average molecular weight is 328 g/mol. The minimum atomic E-state index is -0.314. The monoisotopic (exact) mass is 328 g/mol. The van der Waals surface area contributed by atoms with Gasteiger partial charge in [0.1, 0.15) is 0 Å². The molecule has 0 aromatic heterocycles. The number of anilines is 1. The highest BCUT2D eigenvalue weighted by Gasteiger charge is 2.10. The van der Waals surface area contributed by atoms with Crippen LogP contribution in [0.25, 0.3) is 0 Å². The lowest BCUT2D eigenvalue weighted by atomic mass is 9.99. The molecule has 0 saturated heterocycles. The summed E-state index contributed by atoms with van der Waals surface area (Å²) >= 11 is 0. The van der Waals surface area contributed by atoms with E-state index < -0.39 is 0 Å². The topological polar surface area (TPSA) is 69.2 Å². The van der Waals surface area contributed by atoms with Crippen molar-refractivity contribution in [3.63, 3.8) is 0 Å². The maximum absolute atomic E-state index is 10.6. The number of nitrogen functional groups attached to an aromatic ring is 1. The third kappa shape index (κ3) is 5.69. The molecule has 0 amide bonds. The first-order chi connectivity index (χ1) is 11.4. The molecule has 2 N–H and O–H groups in total. The summed E-state index contributed by atoms with van der Waals surface area (Å²) in [6, 6.07) is 13.1. The molecular weight excluding hydrogens is 300 g/mol. The number of nitro benzene ring substituents is 1. The van der Waals surface area contributed by atoms with Crippen LogP contribution in [-0.4, -0.2) is 4.92 Å². The summed E-state index contributed by atoms with van der Waals surface area (Å²) < 4.78 is 0. The predicted molar refractivity (Wildman–Crippen MR) is 101 cm³/mol. The van der Waals surface area contributed by atoms with E-state index in [4.69, 9.17) is 5.73 Å². The third-order valence-electron chi connectivity index (χ3n) is 3.97. The van der Waals surface area contributed by atoms with Crippen molar-refractivity contribution in [3.8, 4) is 0 Å². The van der Waals surface area contributed by atoms with Crippen LogP contribution in [0.15, 0.2) is 42.5 Å². The van der Waals surface area contributed by atoms with Crippen LogP contribution in [0.5, 0.6) is 0 Å². The molecule has 0 aliphatic rings. The number of benzene rings is 2. The van der Waals surface area contributed by atoms with Crippen LogP contribution in [-0.2, 0) is 6.42 Å². The largest absolute Gasteiger partial charge is 0.398 e. The summed E-state index contributed by atoms with van der Waals surface area (Å²) in [4.78, 5) is 10.3. The van der Waals surface area contributed by atoms with Crippen LogP contribution in [0.1, 0.15) is 56.2 Å². The van der Waals surface area contributed by atoms with Crippen LogP contribution in [0.4, 0.5) is 11.4 Å². The molecule has 2 aromatic rings. The van der Waals surface area contributed by atoms with E-state index in [2.05, 4.69) is 32.9 Å². The van der Waals surface area contributed by atoms with Crippen LogP contribution in [0.3, 0.4) is 0 Å². The highest BCUT2D eigenvalue weighted by atomic mass is 16.6. The molecule has 0 atom stereocenters. The lowest BCUT2D eigenvalue weighted by Crippen LogP contribution is -1.98. The Labute approximate surface area is 144 Å². The molecule has 2 aromatic carbocycles. The van der Waals surface area contributed by atoms with Gasteiger partial charge in [-0.3, -0.25) is 10.1 Å². The number of hydrogen-bond donors (Lipinski definition) is 1. The maximum Gasteiger partial charge on any atom is 0.272 e. The molecule has 4 heteroatoms. The van der Waals surface area contributed by atoms with Crippen molar-refractivity contribution >= 4 is 11.4 Å². The minimum absolute atomic E-state index is 0.246. The zero-order valence-corrected chi connectivity index (χ0v) is 15.1. The van der Waals surface area contributed by atoms with Crippen molar-refractivity contribution in [2.24, 2.45) is 0 Å². The summed E-state index contributed by atoms with van der Waals surface area (Å²) in [7, 11) is 0. The SMILES string of the molecule is CCCCc1ccccc1[N+](=O)[O-].Cc1cccc(C(C)C)c1N. The zero-order valence-electron chi connectivity index (χ0n) is 15.1. The van der Waals surface area contributed by atoms with Crippen molar-refractivity contribution in [2.75, 3.05) is 5.73 Å². The van der Waals surface area contributed by atoms with Gasteiger partial charge in [-0.1, -0.05) is 63.6 Å². The van der Waals surface area contributed by atoms with Crippen LogP contribution in [0, 0.1) is 17.0 Å². The summed E-state index contributed by atoms with van der Waals surface area (Å²) in [5.74, 6) is 0.523. The molecule has 0 fully saturated rings. The van der Waals surface area contributed by atoms with Gasteiger partial charge < -0.3 is 5.73 Å². The quantitative estimate of drug-likeness (QED) is 0.439. The second kappa shape index (κ2) is 9.71. The first kappa shape index (κ1) is 19.7. The third-order valence-corrected chi connectivity index (χ3v) is 3.97. The number of aryl methyl sites for hydroxylation is 2. The fourth-order valence-electron chi connectivity index (χ4n) is 2.47. The highest BCUT2D eigenvalue weighted by Crippen LogP contribution is 2.23. The van der Waals surface area contributed by atoms with Gasteiger partial charge in [0.05, 0.1) is 4.92 Å². The number of unbranched alkanes of at least 4 members (excludes halogenated alkanes) is 1. The van der Waals surface area contributed by atoms with Crippen LogP contribution in [0.2, 0.25) is 0 Å². The fraction of sp³-hybridized carbons (Fsp3) is 0.400. The van der Waals surface area contributed by atoms with Crippen molar-refractivity contribution in [2.45, 2.75) is 52.9 Å². The van der Waals surface area contributed by atoms with E-state index in [1.807, 2.05) is 25.1 Å². The van der Waals surface area contributed by atoms with E-state index >= 15 is 0 Å². The molecule has 0 bridgehead atoms. The Hall–Kier alpha value is -2.36. The van der Waals surface area contributed by atoms with Gasteiger partial charge in [-0.25, -0.2) is 0 Å². The van der Waals surface area contributed by atoms with Crippen LogP contribution >= 0.6 is 0 Å². The first-order valence-electron chi connectivity index (χ1n) is 8.45. The number of para-hydroxylation sites is 2. The van der Waals surface area contributed by atoms with Crippen LogP contribution < -0.4 is 5.73 Å². The van der Waals surface area contributed by atoms with Gasteiger partial charge in [-0.15, -0.1) is 0 Å². The zero-order chi connectivity index (χ0) is 18.1. The lowest BCUT2D eigenvalue weighted by Gasteiger charge is -2.10. The average Bonchev–Trinajstić information content (AvgIpc) is 2.56. The van der Waals surface area contributed by atoms with Gasteiger partial charge in [0.25, 0.3) is 5.69 Å². The Morgan fingerprint density at radius 3 is 2.33 bits per heavy atom. The second-order valence-corrected chi connectivity index (χ2v) is 6.22. The Morgan fingerprint density at radius 1 is 1.12 bits per heavy atom. The Morgan fingerprint density at radius 2 is 1.79 bits per heavy atom. The minimum Gasteiger partial charge on any atom is -0.398 e. The molecule has 0 heterocycles. The van der Waals surface area contributed by atoms with Crippen molar-refractivity contribution < 1.29 is 4.92 Å². The molecule has 0 saturated carbocycles. The van der Waals surface area contributed by atoms with Gasteiger partial charge in [0.15, 0.2) is 0 Å². The van der Waals surface area contributed by atoms with Gasteiger partial charge in [-0.05, 0) is 36.8 Å². The predicted octanol–water partition coefficient (Wildman–Crippen LogP) is 5.64. The smallest absolute Gasteiger partial charge is 0.272 e. The van der Waals surface area contributed by atoms with Gasteiger partial charge in [0.2, 0.25) is 0 Å². The van der Waals surface area contributed by atoms with Crippen molar-refractivity contribution in [1.29, 1.82) is 0 Å².